The fourth-order valence-corrected chi connectivity index (χ4v) is 9.06. The van der Waals surface area contributed by atoms with E-state index in [9.17, 15) is 7.85 Å². The molecular formula is C64H73N3O. The first-order valence-corrected chi connectivity index (χ1v) is 23.8. The Morgan fingerprint density at radius 3 is 1.74 bits per heavy atom. The van der Waals surface area contributed by atoms with Gasteiger partial charge in [0.2, 0.25) is 0 Å². The molecule has 0 amide bonds. The van der Waals surface area contributed by atoms with Gasteiger partial charge in [-0.15, -0.1) is 0 Å². The molecule has 0 fully saturated rings. The van der Waals surface area contributed by atoms with Gasteiger partial charge in [0.15, 0.2) is 0 Å². The highest BCUT2D eigenvalue weighted by Crippen LogP contribution is 2.47. The summed E-state index contributed by atoms with van der Waals surface area (Å²) in [5.74, 6) is 0.293. The molecule has 8 rings (SSSR count). The Morgan fingerprint density at radius 2 is 1.15 bits per heavy atom. The number of nitrogens with zero attached hydrogens (tertiary/aromatic N) is 3. The largest absolute Gasteiger partial charge is 0.507 e. The Balaban J connectivity index is 1.58. The predicted octanol–water partition coefficient (Wildman–Crippen LogP) is 17.9. The highest BCUT2D eigenvalue weighted by molar-refractivity contribution is 5.97. The van der Waals surface area contributed by atoms with Crippen LogP contribution in [0.1, 0.15) is 171 Å². The molecule has 2 heterocycles. The van der Waals surface area contributed by atoms with Crippen molar-refractivity contribution in [3.05, 3.63) is 167 Å². The number of hydrogen-bond donors (Lipinski definition) is 1. The second-order valence-electron chi connectivity index (χ2n) is 22.1. The van der Waals surface area contributed by atoms with Crippen molar-refractivity contribution in [3.8, 4) is 67.5 Å². The van der Waals surface area contributed by atoms with Crippen LogP contribution in [0.3, 0.4) is 0 Å². The summed E-state index contributed by atoms with van der Waals surface area (Å²) in [6, 6.07) is 35.3. The Bertz CT molecular complexity index is 3540. The van der Waals surface area contributed by atoms with Crippen LogP contribution in [0.15, 0.2) is 134 Å². The first-order chi connectivity index (χ1) is 36.4. The van der Waals surface area contributed by atoms with Crippen molar-refractivity contribution < 1.29 is 20.2 Å². The zero-order valence-electron chi connectivity index (χ0n) is 53.0. The number of rotatable bonds is 8. The number of phenolic OH excluding ortho intramolecular Hbond substituents is 1. The van der Waals surface area contributed by atoms with Crippen LogP contribution >= 0.6 is 0 Å². The van der Waals surface area contributed by atoms with E-state index in [1.165, 1.54) is 12.3 Å². The van der Waals surface area contributed by atoms with Crippen LogP contribution in [0.5, 0.6) is 5.75 Å². The van der Waals surface area contributed by atoms with E-state index in [-0.39, 0.29) is 56.3 Å². The van der Waals surface area contributed by atoms with Gasteiger partial charge in [-0.05, 0) is 138 Å². The summed E-state index contributed by atoms with van der Waals surface area (Å²) in [6.07, 6.45) is 1.53. The molecule has 0 saturated heterocycles. The van der Waals surface area contributed by atoms with E-state index in [1.54, 1.807) is 24.3 Å². The van der Waals surface area contributed by atoms with Crippen molar-refractivity contribution in [3.63, 3.8) is 0 Å². The lowest BCUT2D eigenvalue weighted by molar-refractivity contribution is 0.446. The molecular weight excluding hydrogens is 827 g/mol. The van der Waals surface area contributed by atoms with Gasteiger partial charge in [-0.3, -0.25) is 9.55 Å². The quantitative estimate of drug-likeness (QED) is 0.165. The molecule has 4 heteroatoms. The third-order valence-corrected chi connectivity index (χ3v) is 13.0. The van der Waals surface area contributed by atoms with Crippen LogP contribution in [0.25, 0.3) is 72.7 Å². The third kappa shape index (κ3) is 9.44. The van der Waals surface area contributed by atoms with Crippen molar-refractivity contribution in [1.29, 1.82) is 0 Å². The zero-order chi connectivity index (χ0) is 58.5. The van der Waals surface area contributed by atoms with Gasteiger partial charge >= 0.3 is 0 Å². The van der Waals surface area contributed by atoms with Gasteiger partial charge in [-0.25, -0.2) is 4.98 Å². The van der Waals surface area contributed by atoms with E-state index in [0.717, 1.165) is 44.6 Å². The third-order valence-electron chi connectivity index (χ3n) is 13.0. The monoisotopic (exact) mass is 911 g/mol. The van der Waals surface area contributed by atoms with Gasteiger partial charge in [-0.1, -0.05) is 189 Å². The summed E-state index contributed by atoms with van der Waals surface area (Å²) in [7, 11) is 0. The lowest BCUT2D eigenvalue weighted by Gasteiger charge is -2.28. The lowest BCUT2D eigenvalue weighted by atomic mass is 9.78. The van der Waals surface area contributed by atoms with Crippen LogP contribution < -0.4 is 0 Å². The first kappa shape index (κ1) is 35.8. The van der Waals surface area contributed by atoms with E-state index in [4.69, 9.17) is 17.3 Å². The maximum atomic E-state index is 12.8. The Hall–Kier alpha value is -6.26. The van der Waals surface area contributed by atoms with Crippen LogP contribution in [0.2, 0.25) is 0 Å². The first-order valence-electron chi connectivity index (χ1n) is 29.3. The fraction of sp³-hybridized carbons (Fsp3) is 0.344. The van der Waals surface area contributed by atoms with Crippen molar-refractivity contribution in [2.45, 2.75) is 144 Å². The van der Waals surface area contributed by atoms with Crippen LogP contribution in [0.4, 0.5) is 0 Å². The van der Waals surface area contributed by atoms with Crippen LogP contribution in [0, 0.1) is 0 Å². The van der Waals surface area contributed by atoms with Crippen molar-refractivity contribution >= 4 is 11.0 Å². The lowest BCUT2D eigenvalue weighted by Crippen LogP contribution is -2.17. The number of aromatic nitrogens is 3. The van der Waals surface area contributed by atoms with E-state index in [2.05, 4.69) is 103 Å². The summed E-state index contributed by atoms with van der Waals surface area (Å²) >= 11 is 0. The second kappa shape index (κ2) is 17.7. The van der Waals surface area contributed by atoms with Gasteiger partial charge in [0.25, 0.3) is 0 Å². The summed E-state index contributed by atoms with van der Waals surface area (Å²) in [6.45, 7) is 15.9. The molecule has 0 unspecified atom stereocenters. The van der Waals surface area contributed by atoms with Crippen LogP contribution in [-0.2, 0) is 21.7 Å². The van der Waals surface area contributed by atoms with Crippen molar-refractivity contribution in [1.82, 2.24) is 14.5 Å². The summed E-state index contributed by atoms with van der Waals surface area (Å²) in [5.41, 5.74) is 4.79. The molecule has 4 nitrogen and oxygen atoms in total. The minimum Gasteiger partial charge on any atom is -0.507 e. The van der Waals surface area contributed by atoms with Crippen LogP contribution in [-0.4, -0.2) is 19.6 Å². The van der Waals surface area contributed by atoms with E-state index in [0.29, 0.717) is 28.0 Å². The average Bonchev–Trinajstić information content (AvgIpc) is 3.90. The van der Waals surface area contributed by atoms with Crippen molar-refractivity contribution in [2.24, 2.45) is 0 Å². The number of para-hydroxylation sites is 1. The number of pyridine rings is 1. The molecule has 2 aromatic heterocycles. The van der Waals surface area contributed by atoms with Gasteiger partial charge in [-0.2, -0.15) is 0 Å². The van der Waals surface area contributed by atoms with E-state index < -0.39 is 49.0 Å². The molecule has 68 heavy (non-hydrogen) atoms. The van der Waals surface area contributed by atoms with E-state index in [1.807, 2.05) is 81.4 Å². The minimum atomic E-state index is -3.80. The summed E-state index contributed by atoms with van der Waals surface area (Å²) in [4.78, 5) is 10.2. The fourth-order valence-electron chi connectivity index (χ4n) is 9.06. The molecule has 0 bridgehead atoms. The summed E-state index contributed by atoms with van der Waals surface area (Å²) in [5, 5.41) is 12.8. The number of benzene rings is 6. The van der Waals surface area contributed by atoms with E-state index >= 15 is 0 Å². The summed E-state index contributed by atoms with van der Waals surface area (Å²) < 4.78 is 102. The zero-order valence-corrected chi connectivity index (χ0v) is 42.0. The molecule has 6 aromatic carbocycles. The Kier molecular flexibility index (Phi) is 9.31. The van der Waals surface area contributed by atoms with Gasteiger partial charge in [0, 0.05) is 35.2 Å². The number of aromatic hydroxyl groups is 1. The molecule has 8 aromatic rings. The number of hydrogen-bond acceptors (Lipinski definition) is 3. The molecule has 0 saturated carbocycles. The number of phenols is 1. The second-order valence-corrected chi connectivity index (χ2v) is 22.1. The minimum absolute atomic E-state index is 0.0258. The molecule has 350 valence electrons. The molecule has 0 aliphatic carbocycles. The Labute approximate surface area is 423 Å². The molecule has 0 radical (unpaired) electrons. The van der Waals surface area contributed by atoms with Gasteiger partial charge < -0.3 is 5.11 Å². The highest BCUT2D eigenvalue weighted by atomic mass is 16.3. The van der Waals surface area contributed by atoms with Gasteiger partial charge in [0.1, 0.15) is 11.6 Å². The molecule has 0 spiro atoms. The Morgan fingerprint density at radius 1 is 0.529 bits per heavy atom. The molecule has 0 aliphatic rings. The average molecular weight is 911 g/mol. The maximum Gasteiger partial charge on any atom is 0.149 e. The smallest absolute Gasteiger partial charge is 0.149 e. The SMILES string of the molecule is [2H]c1c(-c2cc(-c3ccc(C(C)(C)C)cc3)ccn2)cc(-c2cccc3c2nc(-c2cc(C(C)(C)C)cc(C(C)(C)C)c2O)n3-c2c(C(C)C)cc(-c3ccccc3)cc2C(C)C)c([2H])c1C(C([2H])([2H])[2H])(C([2H])([2H])[2H])C([2H])([2H])[2H]. The predicted molar refractivity (Wildman–Crippen MR) is 291 cm³/mol. The van der Waals surface area contributed by atoms with Gasteiger partial charge in [0.05, 0.1) is 30.7 Å². The van der Waals surface area contributed by atoms with Crippen molar-refractivity contribution in [2.75, 3.05) is 0 Å². The molecule has 1 N–H and O–H groups in total. The topological polar surface area (TPSA) is 50.9 Å². The number of fused-ring (bicyclic) bond motifs is 1. The molecule has 0 aliphatic heterocycles. The molecule has 0 atom stereocenters. The standard InChI is InChI=1S/C64H73N3O/c1-39(2)51-34-44(41-21-18-17-19-22-41)35-52(40(3)4)58(51)67-56-24-20-23-50(57(56)66-60(67)53-37-49(63(11,12)13)38-54(59(53)68)64(14,15)16)45-31-46(33-48(32-45)62(8,9)10)55-36-43(29-30-65-55)42-25-27-47(28-26-42)61(5,6)7/h17-40,68H,1-16H3/i8D3,9D3,10D3,32D,33D. The maximum absolute atomic E-state index is 12.8. The highest BCUT2D eigenvalue weighted by Gasteiger charge is 2.31. The number of imidazole rings is 1. The normalized spacial score (nSPS) is 15.7.